The van der Waals surface area contributed by atoms with Gasteiger partial charge in [-0.1, -0.05) is 0 Å². The van der Waals surface area contributed by atoms with E-state index in [-0.39, 0.29) is 23.7 Å². The van der Waals surface area contributed by atoms with Gasteiger partial charge in [-0.05, 0) is 0 Å². The molecular formula is C28H31O3P. The molecule has 0 N–H and O–H groups in total. The number of rotatable bonds is 5. The Morgan fingerprint density at radius 2 is 1.28 bits per heavy atom. The maximum atomic E-state index is 14.0. The fourth-order valence-electron chi connectivity index (χ4n) is 6.22. The summed E-state index contributed by atoms with van der Waals surface area (Å²) in [6.07, 6.45) is 4.31. The summed E-state index contributed by atoms with van der Waals surface area (Å²) in [5.41, 5.74) is -0.349. The quantitative estimate of drug-likeness (QED) is 0.411. The molecule has 1 aliphatic carbocycles. The van der Waals surface area contributed by atoms with Gasteiger partial charge in [-0.15, -0.1) is 0 Å². The zero-order valence-corrected chi connectivity index (χ0v) is 19.5. The summed E-state index contributed by atoms with van der Waals surface area (Å²) in [4.78, 5) is 14.0. The molecule has 1 heterocycles. The number of fused-ring (bicyclic) bond motifs is 1. The molecule has 2 fully saturated rings. The summed E-state index contributed by atoms with van der Waals surface area (Å²) in [6.45, 7) is -1.40. The van der Waals surface area contributed by atoms with Crippen LogP contribution in [-0.2, 0) is 14.1 Å². The first-order valence-electron chi connectivity index (χ1n) is 11.8. The second-order valence-corrected chi connectivity index (χ2v) is 13.4. The van der Waals surface area contributed by atoms with Crippen molar-refractivity contribution in [1.82, 2.24) is 0 Å². The fourth-order valence-corrected chi connectivity index (χ4v) is 13.2. The predicted molar refractivity (Wildman–Crippen MR) is 132 cm³/mol. The molecule has 0 spiro atoms. The molecule has 3 nitrogen and oxygen atoms in total. The normalized spacial score (nSPS) is 26.9. The van der Waals surface area contributed by atoms with E-state index < -0.39 is 6.83 Å². The monoisotopic (exact) mass is 446 g/mol. The minimum absolute atomic E-state index is 0.0523. The molecule has 32 heavy (non-hydrogen) atoms. The minimum atomic E-state index is -3.67. The first-order chi connectivity index (χ1) is 15.7. The summed E-state index contributed by atoms with van der Waals surface area (Å²) in [6, 6.07) is 31.6. The van der Waals surface area contributed by atoms with Crippen LogP contribution in [0.5, 0.6) is 0 Å². The first-order valence-corrected chi connectivity index (χ1v) is 14.0. The summed E-state index contributed by atoms with van der Waals surface area (Å²) >= 11 is 0. The Labute approximate surface area is 190 Å². The molecule has 1 saturated heterocycles. The number of esters is 1. The third-order valence-corrected chi connectivity index (χ3v) is 13.7. The third-order valence-electron chi connectivity index (χ3n) is 7.38. The van der Waals surface area contributed by atoms with Gasteiger partial charge in [0.2, 0.25) is 0 Å². The molecule has 0 aromatic heterocycles. The van der Waals surface area contributed by atoms with E-state index in [1.807, 2.05) is 25.1 Å². The van der Waals surface area contributed by atoms with Crippen molar-refractivity contribution < 1.29 is 14.1 Å². The average Bonchev–Trinajstić information content (AvgIpc) is 3.19. The van der Waals surface area contributed by atoms with Crippen molar-refractivity contribution >= 4 is 28.7 Å². The Balaban J connectivity index is 1.95. The molecule has 4 heteroatoms. The topological polar surface area (TPSA) is 35.5 Å². The number of hydrogen-bond acceptors (Lipinski definition) is 3. The second kappa shape index (κ2) is 8.46. The average molecular weight is 447 g/mol. The molecule has 3 atom stereocenters. The molecule has 0 bridgehead atoms. The number of carbonyl (C=O) groups is 1. The van der Waals surface area contributed by atoms with Gasteiger partial charge in [0.05, 0.1) is 0 Å². The molecule has 2 aliphatic rings. The van der Waals surface area contributed by atoms with E-state index in [9.17, 15) is 4.79 Å². The molecule has 166 valence electrons. The van der Waals surface area contributed by atoms with Crippen LogP contribution < -0.4 is 15.9 Å². The van der Waals surface area contributed by atoms with Gasteiger partial charge < -0.3 is 0 Å². The Bertz CT molecular complexity index is 968. The zero-order valence-electron chi connectivity index (χ0n) is 18.6. The van der Waals surface area contributed by atoms with Gasteiger partial charge in [0.1, 0.15) is 0 Å². The maximum absolute atomic E-state index is 14.0. The fraction of sp³-hybridized carbons (Fsp3) is 0.321. The van der Waals surface area contributed by atoms with Gasteiger partial charge in [-0.2, -0.15) is 0 Å². The molecule has 1 aliphatic heterocycles. The molecule has 5 rings (SSSR count). The molecule has 0 radical (unpaired) electrons. The van der Waals surface area contributed by atoms with Crippen molar-refractivity contribution in [1.29, 1.82) is 0 Å². The van der Waals surface area contributed by atoms with Crippen molar-refractivity contribution in [3.63, 3.8) is 0 Å². The standard InChI is InChI=1S/C28H31O3P/c1-2-30-28(29)27-25-20-12-13-21-26(25)31-32(27,22-14-6-3-7-15-22,23-16-8-4-9-17-23)24-18-10-5-11-19-24/h3-11,14-19,25-27H,2,12-13,20-21H2,1H3. The van der Waals surface area contributed by atoms with Crippen LogP contribution in [0.1, 0.15) is 32.6 Å². The van der Waals surface area contributed by atoms with E-state index in [0.29, 0.717) is 6.61 Å². The van der Waals surface area contributed by atoms with E-state index in [1.54, 1.807) is 0 Å². The predicted octanol–water partition coefficient (Wildman–Crippen LogP) is 4.95. The zero-order chi connectivity index (χ0) is 22.0. The second-order valence-electron chi connectivity index (χ2n) is 8.90. The van der Waals surface area contributed by atoms with Crippen LogP contribution in [0.15, 0.2) is 91.0 Å². The number of ether oxygens (including phenoxy) is 1. The van der Waals surface area contributed by atoms with E-state index in [2.05, 4.69) is 72.8 Å². The van der Waals surface area contributed by atoms with Crippen LogP contribution in [0, 0.1) is 5.92 Å². The SMILES string of the molecule is CCOC(=O)C1C2CCCCC2OP1(c1ccccc1)(c1ccccc1)c1ccccc1. The molecule has 3 aromatic carbocycles. The molecule has 3 unspecified atom stereocenters. The van der Waals surface area contributed by atoms with Crippen molar-refractivity contribution in [2.24, 2.45) is 5.92 Å². The summed E-state index contributed by atoms with van der Waals surface area (Å²) in [7, 11) is 0. The van der Waals surface area contributed by atoms with Crippen molar-refractivity contribution in [2.75, 3.05) is 6.61 Å². The summed E-state index contributed by atoms with van der Waals surface area (Å²) in [5.74, 6) is 0.0391. The number of benzene rings is 3. The van der Waals surface area contributed by atoms with E-state index in [4.69, 9.17) is 9.26 Å². The molecule has 1 saturated carbocycles. The third kappa shape index (κ3) is 2.91. The van der Waals surface area contributed by atoms with E-state index >= 15 is 0 Å². The van der Waals surface area contributed by atoms with Gasteiger partial charge in [0.25, 0.3) is 0 Å². The van der Waals surface area contributed by atoms with Gasteiger partial charge >= 0.3 is 191 Å². The van der Waals surface area contributed by atoms with Crippen molar-refractivity contribution in [3.8, 4) is 0 Å². The van der Waals surface area contributed by atoms with Crippen LogP contribution in [0.4, 0.5) is 0 Å². The van der Waals surface area contributed by atoms with E-state index in [1.165, 1.54) is 0 Å². The van der Waals surface area contributed by atoms with Gasteiger partial charge in [0.15, 0.2) is 0 Å². The number of carbonyl (C=O) groups excluding carboxylic acids is 1. The Kier molecular flexibility index (Phi) is 5.65. The molecule has 0 amide bonds. The van der Waals surface area contributed by atoms with Crippen LogP contribution in [-0.4, -0.2) is 24.3 Å². The first kappa shape index (κ1) is 21.4. The number of hydrogen-bond donors (Lipinski definition) is 0. The van der Waals surface area contributed by atoms with Crippen LogP contribution in [0.2, 0.25) is 0 Å². The van der Waals surface area contributed by atoms with Crippen LogP contribution in [0.3, 0.4) is 0 Å². The molecular weight excluding hydrogens is 415 g/mol. The summed E-state index contributed by atoms with van der Waals surface area (Å²) < 4.78 is 13.3. The van der Waals surface area contributed by atoms with Crippen LogP contribution >= 0.6 is 6.83 Å². The van der Waals surface area contributed by atoms with Crippen molar-refractivity contribution in [2.45, 2.75) is 44.4 Å². The van der Waals surface area contributed by atoms with Crippen molar-refractivity contribution in [3.05, 3.63) is 91.0 Å². The van der Waals surface area contributed by atoms with Crippen LogP contribution in [0.25, 0.3) is 0 Å². The summed E-state index contributed by atoms with van der Waals surface area (Å²) in [5, 5.41) is 3.34. The van der Waals surface area contributed by atoms with E-state index in [0.717, 1.165) is 41.6 Å². The Hall–Kier alpha value is -2.48. The van der Waals surface area contributed by atoms with Gasteiger partial charge in [-0.3, -0.25) is 0 Å². The van der Waals surface area contributed by atoms with Gasteiger partial charge in [-0.25, -0.2) is 0 Å². The Morgan fingerprint density at radius 3 is 1.75 bits per heavy atom. The Morgan fingerprint density at radius 1 is 0.812 bits per heavy atom. The molecule has 3 aromatic rings. The van der Waals surface area contributed by atoms with Gasteiger partial charge in [0, 0.05) is 0 Å².